The molecule has 0 aliphatic heterocycles. The molecule has 1 amide bonds. The van der Waals surface area contributed by atoms with E-state index < -0.39 is 5.54 Å². The number of rotatable bonds is 4. The van der Waals surface area contributed by atoms with Crippen LogP contribution in [0.5, 0.6) is 0 Å². The lowest BCUT2D eigenvalue weighted by Crippen LogP contribution is -2.51. The quantitative estimate of drug-likeness (QED) is 0.842. The van der Waals surface area contributed by atoms with Crippen LogP contribution in [-0.2, 0) is 4.79 Å². The van der Waals surface area contributed by atoms with Crippen molar-refractivity contribution in [1.82, 2.24) is 10.6 Å². The number of nitrogens with one attached hydrogen (secondary N) is 2. The van der Waals surface area contributed by atoms with Crippen LogP contribution < -0.4 is 10.6 Å². The van der Waals surface area contributed by atoms with E-state index in [0.717, 1.165) is 5.56 Å². The highest BCUT2D eigenvalue weighted by Crippen LogP contribution is 2.14. The molecular formula is C13H19FN2O. The molecule has 0 spiro atoms. The molecule has 2 N–H and O–H groups in total. The standard InChI is InChI=1S/C13H19FN2O/c1-9(10-5-7-11(14)8-6-10)16-12(17)13(2,3)15-4/h5-9,15H,1-4H3,(H,16,17)/t9-/m0/s1. The molecular weight excluding hydrogens is 219 g/mol. The van der Waals surface area contributed by atoms with Crippen LogP contribution in [0, 0.1) is 5.82 Å². The van der Waals surface area contributed by atoms with Gasteiger partial charge < -0.3 is 10.6 Å². The van der Waals surface area contributed by atoms with Crippen LogP contribution in [0.15, 0.2) is 24.3 Å². The molecule has 0 aliphatic rings. The van der Waals surface area contributed by atoms with Crippen molar-refractivity contribution in [2.24, 2.45) is 0 Å². The summed E-state index contributed by atoms with van der Waals surface area (Å²) in [6.07, 6.45) is 0. The SMILES string of the molecule is CNC(C)(C)C(=O)N[C@@H](C)c1ccc(F)cc1. The molecule has 3 nitrogen and oxygen atoms in total. The maximum Gasteiger partial charge on any atom is 0.240 e. The van der Waals surface area contributed by atoms with E-state index in [4.69, 9.17) is 0 Å². The van der Waals surface area contributed by atoms with E-state index in [1.807, 2.05) is 6.92 Å². The van der Waals surface area contributed by atoms with Crippen LogP contribution in [0.2, 0.25) is 0 Å². The third kappa shape index (κ3) is 3.53. The van der Waals surface area contributed by atoms with Crippen LogP contribution >= 0.6 is 0 Å². The number of likely N-dealkylation sites (N-methyl/N-ethyl adjacent to an activating group) is 1. The van der Waals surface area contributed by atoms with Gasteiger partial charge in [-0.2, -0.15) is 0 Å². The number of carbonyl (C=O) groups is 1. The first-order chi connectivity index (χ1) is 7.86. The summed E-state index contributed by atoms with van der Waals surface area (Å²) in [5.41, 5.74) is 0.264. The zero-order valence-electron chi connectivity index (χ0n) is 10.7. The minimum absolute atomic E-state index is 0.0863. The van der Waals surface area contributed by atoms with Gasteiger partial charge in [0.25, 0.3) is 0 Å². The van der Waals surface area contributed by atoms with Crippen molar-refractivity contribution >= 4 is 5.91 Å². The second-order valence-corrected chi connectivity index (χ2v) is 4.62. The van der Waals surface area contributed by atoms with Gasteiger partial charge in [0.2, 0.25) is 5.91 Å². The molecule has 0 radical (unpaired) electrons. The largest absolute Gasteiger partial charge is 0.348 e. The van der Waals surface area contributed by atoms with Gasteiger partial charge in [-0.05, 0) is 45.5 Å². The smallest absolute Gasteiger partial charge is 0.240 e. The molecule has 0 saturated carbocycles. The molecule has 0 fully saturated rings. The van der Waals surface area contributed by atoms with Crippen LogP contribution in [0.3, 0.4) is 0 Å². The van der Waals surface area contributed by atoms with E-state index in [1.165, 1.54) is 12.1 Å². The topological polar surface area (TPSA) is 41.1 Å². The van der Waals surface area contributed by atoms with Gasteiger partial charge in [-0.15, -0.1) is 0 Å². The fourth-order valence-corrected chi connectivity index (χ4v) is 1.33. The Labute approximate surface area is 101 Å². The lowest BCUT2D eigenvalue weighted by molar-refractivity contribution is -0.126. The molecule has 0 aliphatic carbocycles. The Morgan fingerprint density at radius 1 is 1.29 bits per heavy atom. The van der Waals surface area contributed by atoms with E-state index in [-0.39, 0.29) is 17.8 Å². The van der Waals surface area contributed by atoms with E-state index in [1.54, 1.807) is 33.0 Å². The summed E-state index contributed by atoms with van der Waals surface area (Å²) < 4.78 is 12.8. The second kappa shape index (κ2) is 5.27. The molecule has 1 rings (SSSR count). The number of hydrogen-bond acceptors (Lipinski definition) is 2. The van der Waals surface area contributed by atoms with Gasteiger partial charge in [0.1, 0.15) is 5.82 Å². The number of carbonyl (C=O) groups excluding carboxylic acids is 1. The normalized spacial score (nSPS) is 13.2. The minimum Gasteiger partial charge on any atom is -0.348 e. The Morgan fingerprint density at radius 3 is 2.29 bits per heavy atom. The predicted octanol–water partition coefficient (Wildman–Crippen LogP) is 2.00. The summed E-state index contributed by atoms with van der Waals surface area (Å²) in [4.78, 5) is 11.9. The highest BCUT2D eigenvalue weighted by atomic mass is 19.1. The van der Waals surface area contributed by atoms with Gasteiger partial charge in [0.15, 0.2) is 0 Å². The lowest BCUT2D eigenvalue weighted by atomic mass is 10.0. The molecule has 1 aromatic carbocycles. The predicted molar refractivity (Wildman–Crippen MR) is 66.1 cm³/mol. The second-order valence-electron chi connectivity index (χ2n) is 4.62. The minimum atomic E-state index is -0.617. The Hall–Kier alpha value is -1.42. The van der Waals surface area contributed by atoms with Crippen LogP contribution in [0.25, 0.3) is 0 Å². The Balaban J connectivity index is 2.70. The molecule has 0 bridgehead atoms. The molecule has 0 saturated heterocycles. The van der Waals surface area contributed by atoms with Crippen molar-refractivity contribution in [3.63, 3.8) is 0 Å². The van der Waals surface area contributed by atoms with Crippen molar-refractivity contribution in [2.75, 3.05) is 7.05 Å². The Morgan fingerprint density at radius 2 is 1.82 bits per heavy atom. The first kappa shape index (κ1) is 13.6. The number of amides is 1. The highest BCUT2D eigenvalue weighted by molar-refractivity contribution is 5.85. The number of hydrogen-bond donors (Lipinski definition) is 2. The Kier molecular flexibility index (Phi) is 4.23. The molecule has 1 aromatic rings. The van der Waals surface area contributed by atoms with Gasteiger partial charge in [-0.3, -0.25) is 4.79 Å². The van der Waals surface area contributed by atoms with E-state index in [2.05, 4.69) is 10.6 Å². The van der Waals surface area contributed by atoms with Crippen molar-refractivity contribution in [3.05, 3.63) is 35.6 Å². The van der Waals surface area contributed by atoms with Gasteiger partial charge in [0.05, 0.1) is 11.6 Å². The van der Waals surface area contributed by atoms with E-state index in [9.17, 15) is 9.18 Å². The average molecular weight is 238 g/mol. The molecule has 0 unspecified atom stereocenters. The van der Waals surface area contributed by atoms with Crippen molar-refractivity contribution in [3.8, 4) is 0 Å². The molecule has 94 valence electrons. The molecule has 0 heterocycles. The van der Waals surface area contributed by atoms with Crippen LogP contribution in [0.4, 0.5) is 4.39 Å². The first-order valence-corrected chi connectivity index (χ1v) is 5.62. The van der Waals surface area contributed by atoms with Crippen LogP contribution in [-0.4, -0.2) is 18.5 Å². The third-order valence-corrected chi connectivity index (χ3v) is 2.91. The summed E-state index contributed by atoms with van der Waals surface area (Å²) in [5.74, 6) is -0.361. The van der Waals surface area contributed by atoms with Gasteiger partial charge in [0, 0.05) is 0 Å². The molecule has 0 aromatic heterocycles. The first-order valence-electron chi connectivity index (χ1n) is 5.62. The third-order valence-electron chi connectivity index (χ3n) is 2.91. The molecule has 4 heteroatoms. The Bertz CT molecular complexity index is 387. The van der Waals surface area contributed by atoms with Gasteiger partial charge in [-0.25, -0.2) is 4.39 Å². The zero-order chi connectivity index (χ0) is 13.1. The van der Waals surface area contributed by atoms with Crippen molar-refractivity contribution in [1.29, 1.82) is 0 Å². The lowest BCUT2D eigenvalue weighted by Gasteiger charge is -2.25. The summed E-state index contributed by atoms with van der Waals surface area (Å²) >= 11 is 0. The molecule has 17 heavy (non-hydrogen) atoms. The summed E-state index contributed by atoms with van der Waals surface area (Å²) in [6.45, 7) is 5.48. The summed E-state index contributed by atoms with van der Waals surface area (Å²) in [7, 11) is 1.74. The number of halogens is 1. The maximum atomic E-state index is 12.8. The van der Waals surface area contributed by atoms with E-state index >= 15 is 0 Å². The summed E-state index contributed by atoms with van der Waals surface area (Å²) in [6, 6.07) is 5.98. The molecule has 1 atom stereocenters. The monoisotopic (exact) mass is 238 g/mol. The fourth-order valence-electron chi connectivity index (χ4n) is 1.33. The van der Waals surface area contributed by atoms with Crippen molar-refractivity contribution < 1.29 is 9.18 Å². The van der Waals surface area contributed by atoms with Gasteiger partial charge in [-0.1, -0.05) is 12.1 Å². The van der Waals surface area contributed by atoms with E-state index in [0.29, 0.717) is 0 Å². The van der Waals surface area contributed by atoms with Gasteiger partial charge >= 0.3 is 0 Å². The van der Waals surface area contributed by atoms with Crippen LogP contribution in [0.1, 0.15) is 32.4 Å². The zero-order valence-corrected chi connectivity index (χ0v) is 10.7. The fraction of sp³-hybridized carbons (Fsp3) is 0.462. The highest BCUT2D eigenvalue weighted by Gasteiger charge is 2.26. The number of benzene rings is 1. The summed E-state index contributed by atoms with van der Waals surface area (Å²) in [5, 5.41) is 5.82. The maximum absolute atomic E-state index is 12.8. The van der Waals surface area contributed by atoms with Crippen molar-refractivity contribution in [2.45, 2.75) is 32.4 Å². The average Bonchev–Trinajstić information content (AvgIpc) is 2.29.